The molecule has 0 N–H and O–H groups in total. The Balaban J connectivity index is 2.07. The van der Waals surface area contributed by atoms with Crippen molar-refractivity contribution in [1.82, 2.24) is 0 Å². The predicted octanol–water partition coefficient (Wildman–Crippen LogP) is 2.85. The Labute approximate surface area is 102 Å². The monoisotopic (exact) mass is 227 g/mol. The van der Waals surface area contributed by atoms with Gasteiger partial charge in [-0.3, -0.25) is 4.79 Å². The lowest BCUT2D eigenvalue weighted by molar-refractivity contribution is -0.118. The van der Waals surface area contributed by atoms with Gasteiger partial charge in [0.2, 0.25) is 0 Å². The van der Waals surface area contributed by atoms with Crippen LogP contribution in [0, 0.1) is 12.8 Å². The van der Waals surface area contributed by atoms with Crippen molar-refractivity contribution in [2.75, 3.05) is 4.90 Å². The molecule has 0 radical (unpaired) electrons. The largest absolute Gasteiger partial charge is 0.344 e. The lowest BCUT2D eigenvalue weighted by atomic mass is 9.84. The molecule has 2 nitrogen and oxygen atoms in total. The second-order valence-electron chi connectivity index (χ2n) is 5.15. The van der Waals surface area contributed by atoms with Gasteiger partial charge in [-0.15, -0.1) is 0 Å². The molecule has 0 amide bonds. The van der Waals surface area contributed by atoms with Gasteiger partial charge in [0.05, 0.1) is 0 Å². The zero-order valence-electron chi connectivity index (χ0n) is 10.3. The van der Waals surface area contributed by atoms with Crippen LogP contribution in [-0.4, -0.2) is 11.8 Å². The molecular weight excluding hydrogens is 210 g/mol. The van der Waals surface area contributed by atoms with Crippen molar-refractivity contribution in [2.45, 2.75) is 32.7 Å². The summed E-state index contributed by atoms with van der Waals surface area (Å²) in [6, 6.07) is 6.95. The lowest BCUT2D eigenvalue weighted by Gasteiger charge is -2.41. The maximum atomic E-state index is 11.7. The van der Waals surface area contributed by atoms with Crippen molar-refractivity contribution in [3.8, 4) is 0 Å². The molecule has 2 atom stereocenters. The van der Waals surface area contributed by atoms with E-state index in [2.05, 4.69) is 30.0 Å². The second-order valence-corrected chi connectivity index (χ2v) is 5.15. The summed E-state index contributed by atoms with van der Waals surface area (Å²) in [5, 5.41) is 0. The smallest absolute Gasteiger partial charge is 0.162 e. The SMILES string of the molecule is Cc1ccc2c(c1)CC[C@@H]1[C@H](C)C(=O)C=CN21. The summed E-state index contributed by atoms with van der Waals surface area (Å²) < 4.78 is 0. The molecule has 0 fully saturated rings. The lowest BCUT2D eigenvalue weighted by Crippen LogP contribution is -2.45. The summed E-state index contributed by atoms with van der Waals surface area (Å²) >= 11 is 0. The summed E-state index contributed by atoms with van der Waals surface area (Å²) in [6.07, 6.45) is 5.84. The van der Waals surface area contributed by atoms with Crippen LogP contribution in [-0.2, 0) is 11.2 Å². The van der Waals surface area contributed by atoms with Gasteiger partial charge in [-0.2, -0.15) is 0 Å². The Morgan fingerprint density at radius 1 is 1.35 bits per heavy atom. The molecule has 2 aliphatic rings. The second kappa shape index (κ2) is 3.73. The predicted molar refractivity (Wildman–Crippen MR) is 69.1 cm³/mol. The zero-order valence-corrected chi connectivity index (χ0v) is 10.3. The summed E-state index contributed by atoms with van der Waals surface area (Å²) in [4.78, 5) is 14.0. The van der Waals surface area contributed by atoms with Gasteiger partial charge in [-0.1, -0.05) is 24.6 Å². The molecule has 0 unspecified atom stereocenters. The molecule has 1 aromatic rings. The van der Waals surface area contributed by atoms with Crippen LogP contribution < -0.4 is 4.90 Å². The van der Waals surface area contributed by atoms with Gasteiger partial charge in [-0.25, -0.2) is 0 Å². The van der Waals surface area contributed by atoms with Crippen molar-refractivity contribution in [2.24, 2.45) is 5.92 Å². The van der Waals surface area contributed by atoms with Gasteiger partial charge >= 0.3 is 0 Å². The first-order valence-corrected chi connectivity index (χ1v) is 6.27. The normalized spacial score (nSPS) is 26.7. The molecule has 2 heteroatoms. The van der Waals surface area contributed by atoms with Crippen molar-refractivity contribution < 1.29 is 4.79 Å². The Kier molecular flexibility index (Phi) is 2.32. The van der Waals surface area contributed by atoms with E-state index in [0.717, 1.165) is 12.8 Å². The number of hydrogen-bond donors (Lipinski definition) is 0. The van der Waals surface area contributed by atoms with Crippen LogP contribution in [0.25, 0.3) is 0 Å². The number of fused-ring (bicyclic) bond motifs is 3. The fourth-order valence-corrected chi connectivity index (χ4v) is 2.96. The van der Waals surface area contributed by atoms with Gasteiger partial charge in [0.1, 0.15) is 0 Å². The van der Waals surface area contributed by atoms with Crippen LogP contribution in [0.4, 0.5) is 5.69 Å². The summed E-state index contributed by atoms with van der Waals surface area (Å²) in [7, 11) is 0. The number of ketones is 1. The highest BCUT2D eigenvalue weighted by Crippen LogP contribution is 2.36. The van der Waals surface area contributed by atoms with E-state index in [-0.39, 0.29) is 11.7 Å². The first-order chi connectivity index (χ1) is 8.16. The Hall–Kier alpha value is -1.57. The number of carbonyl (C=O) groups is 1. The number of benzene rings is 1. The maximum Gasteiger partial charge on any atom is 0.162 e. The molecular formula is C15H17NO. The number of hydrogen-bond acceptors (Lipinski definition) is 2. The Bertz CT molecular complexity index is 504. The van der Waals surface area contributed by atoms with Gasteiger partial charge in [0.15, 0.2) is 5.78 Å². The fraction of sp³-hybridized carbons (Fsp3) is 0.400. The Morgan fingerprint density at radius 3 is 3.00 bits per heavy atom. The summed E-state index contributed by atoms with van der Waals surface area (Å²) in [5.74, 6) is 0.385. The molecule has 3 rings (SSSR count). The highest BCUT2D eigenvalue weighted by atomic mass is 16.1. The molecule has 17 heavy (non-hydrogen) atoms. The number of aryl methyl sites for hydroxylation is 2. The standard InChI is InChI=1S/C15H17NO/c1-10-3-5-14-12(9-10)4-6-13-11(2)15(17)7-8-16(13)14/h3,5,7-9,11,13H,4,6H2,1-2H3/t11-,13+/m0/s1. The van der Waals surface area contributed by atoms with Crippen LogP contribution in [0.3, 0.4) is 0 Å². The highest BCUT2D eigenvalue weighted by Gasteiger charge is 2.34. The van der Waals surface area contributed by atoms with Crippen molar-refractivity contribution >= 4 is 11.5 Å². The third-order valence-corrected chi connectivity index (χ3v) is 4.01. The molecule has 2 aliphatic heterocycles. The minimum Gasteiger partial charge on any atom is -0.344 e. The topological polar surface area (TPSA) is 20.3 Å². The highest BCUT2D eigenvalue weighted by molar-refractivity contribution is 5.94. The number of allylic oxidation sites excluding steroid dienone is 1. The molecule has 1 aromatic carbocycles. The molecule has 0 spiro atoms. The molecule has 0 aliphatic carbocycles. The summed E-state index contributed by atoms with van der Waals surface area (Å²) in [6.45, 7) is 4.17. The minimum absolute atomic E-state index is 0.120. The third kappa shape index (κ3) is 1.59. The van der Waals surface area contributed by atoms with E-state index in [0.29, 0.717) is 6.04 Å². The van der Waals surface area contributed by atoms with Crippen LogP contribution in [0.1, 0.15) is 24.5 Å². The van der Waals surface area contributed by atoms with Crippen molar-refractivity contribution in [3.63, 3.8) is 0 Å². The average Bonchev–Trinajstić information content (AvgIpc) is 2.33. The molecule has 2 heterocycles. The van der Waals surface area contributed by atoms with Crippen molar-refractivity contribution in [1.29, 1.82) is 0 Å². The van der Waals surface area contributed by atoms with E-state index < -0.39 is 0 Å². The zero-order chi connectivity index (χ0) is 12.0. The van der Waals surface area contributed by atoms with E-state index in [9.17, 15) is 4.79 Å². The van der Waals surface area contributed by atoms with Gasteiger partial charge in [-0.05, 0) is 37.5 Å². The first kappa shape index (κ1) is 10.6. The van der Waals surface area contributed by atoms with Crippen molar-refractivity contribution in [3.05, 3.63) is 41.6 Å². The molecule has 88 valence electrons. The van der Waals surface area contributed by atoms with Gasteiger partial charge in [0.25, 0.3) is 0 Å². The quantitative estimate of drug-likeness (QED) is 0.679. The van der Waals surface area contributed by atoms with Crippen LogP contribution in [0.2, 0.25) is 0 Å². The minimum atomic E-state index is 0.120. The molecule has 0 bridgehead atoms. The molecule has 0 saturated carbocycles. The van der Waals surface area contributed by atoms with E-state index in [1.165, 1.54) is 16.8 Å². The number of anilines is 1. The van der Waals surface area contributed by atoms with Gasteiger partial charge in [0, 0.05) is 23.8 Å². The first-order valence-electron chi connectivity index (χ1n) is 6.27. The molecule has 0 aromatic heterocycles. The molecule has 0 saturated heterocycles. The third-order valence-electron chi connectivity index (χ3n) is 4.01. The van der Waals surface area contributed by atoms with E-state index in [4.69, 9.17) is 0 Å². The fourth-order valence-electron chi connectivity index (χ4n) is 2.96. The van der Waals surface area contributed by atoms with E-state index >= 15 is 0 Å². The van der Waals surface area contributed by atoms with E-state index in [1.807, 2.05) is 13.1 Å². The maximum absolute atomic E-state index is 11.7. The number of rotatable bonds is 0. The van der Waals surface area contributed by atoms with Crippen LogP contribution >= 0.6 is 0 Å². The van der Waals surface area contributed by atoms with Gasteiger partial charge < -0.3 is 4.90 Å². The summed E-state index contributed by atoms with van der Waals surface area (Å²) in [5.41, 5.74) is 4.00. The van der Waals surface area contributed by atoms with E-state index in [1.54, 1.807) is 6.08 Å². The van der Waals surface area contributed by atoms with Crippen LogP contribution in [0.5, 0.6) is 0 Å². The number of nitrogens with zero attached hydrogens (tertiary/aromatic N) is 1. The average molecular weight is 227 g/mol. The van der Waals surface area contributed by atoms with Crippen LogP contribution in [0.15, 0.2) is 30.5 Å². The number of carbonyl (C=O) groups excluding carboxylic acids is 1. The Morgan fingerprint density at radius 2 is 2.18 bits per heavy atom.